The Bertz CT molecular complexity index is 147. The van der Waals surface area contributed by atoms with Crippen LogP contribution in [-0.2, 0) is 0 Å². The highest BCUT2D eigenvalue weighted by Crippen LogP contribution is 1.87. The molecule has 0 spiro atoms. The van der Waals surface area contributed by atoms with Crippen molar-refractivity contribution < 1.29 is 4.42 Å². The van der Waals surface area contributed by atoms with Crippen molar-refractivity contribution in [3.63, 3.8) is 0 Å². The van der Waals surface area contributed by atoms with Crippen LogP contribution in [0, 0.1) is 0 Å². The van der Waals surface area contributed by atoms with Crippen LogP contribution in [0.25, 0.3) is 0 Å². The average Bonchev–Trinajstić information content (AvgIpc) is 2.14. The molecule has 2 nitrogen and oxygen atoms in total. The summed E-state index contributed by atoms with van der Waals surface area (Å²) in [5, 5.41) is 1.46. The molecule has 0 atom stereocenters. The molecule has 3 heteroatoms. The van der Waals surface area contributed by atoms with E-state index in [9.17, 15) is 0 Å². The quantitative estimate of drug-likeness (QED) is 0.508. The Kier molecular flexibility index (Phi) is 1.17. The van der Waals surface area contributed by atoms with Crippen LogP contribution in [0.1, 0.15) is 5.69 Å². The molecule has 36 valence electrons. The summed E-state index contributed by atoms with van der Waals surface area (Å²) in [5.74, 6) is 0. The topological polar surface area (TPSA) is 26.0 Å². The highest BCUT2D eigenvalue weighted by Gasteiger charge is 1.83. The van der Waals surface area contributed by atoms with E-state index >= 15 is 0 Å². The smallest absolute Gasteiger partial charge is 0.181 e. The third-order valence-electron chi connectivity index (χ3n) is 0.572. The molecule has 0 fully saturated rings. The van der Waals surface area contributed by atoms with Gasteiger partial charge in [0, 0.05) is 5.37 Å². The van der Waals surface area contributed by atoms with Crippen molar-refractivity contribution in [1.82, 2.24) is 4.98 Å². The first kappa shape index (κ1) is 4.46. The summed E-state index contributed by atoms with van der Waals surface area (Å²) in [6, 6.07) is 0. The summed E-state index contributed by atoms with van der Waals surface area (Å²) < 4.78 is 4.60. The van der Waals surface area contributed by atoms with Gasteiger partial charge in [0.25, 0.3) is 0 Å². The second kappa shape index (κ2) is 1.84. The maximum atomic E-state index is 4.60. The van der Waals surface area contributed by atoms with Gasteiger partial charge in [-0.05, 0) is 0 Å². The van der Waals surface area contributed by atoms with Gasteiger partial charge in [-0.3, -0.25) is 0 Å². The molecule has 0 aromatic carbocycles. The Hall–Kier alpha value is -0.700. The molecule has 0 aliphatic heterocycles. The Morgan fingerprint density at radius 3 is 3.00 bits per heavy atom. The van der Waals surface area contributed by atoms with Crippen molar-refractivity contribution in [2.45, 2.75) is 0 Å². The van der Waals surface area contributed by atoms with Gasteiger partial charge >= 0.3 is 0 Å². The number of nitrogens with zero attached hydrogens (tertiary/aromatic N) is 1. The van der Waals surface area contributed by atoms with E-state index in [2.05, 4.69) is 21.6 Å². The van der Waals surface area contributed by atoms with Gasteiger partial charge in [0.15, 0.2) is 6.39 Å². The Morgan fingerprint density at radius 2 is 2.71 bits per heavy atom. The van der Waals surface area contributed by atoms with Crippen molar-refractivity contribution in [2.24, 2.45) is 0 Å². The standard InChI is InChI=1S/C4H3NOS/c7-2-4-1-6-3-5-4/h1-3H. The van der Waals surface area contributed by atoms with Crippen LogP contribution in [0.5, 0.6) is 0 Å². The third-order valence-corrected chi connectivity index (χ3v) is 0.814. The molecule has 0 N–H and O–H groups in total. The fourth-order valence-electron chi connectivity index (χ4n) is 0.280. The van der Waals surface area contributed by atoms with Gasteiger partial charge in [0.1, 0.15) is 12.0 Å². The van der Waals surface area contributed by atoms with Crippen LogP contribution in [0.3, 0.4) is 0 Å². The first-order valence-corrected chi connectivity index (χ1v) is 2.24. The summed E-state index contributed by atoms with van der Waals surface area (Å²) in [5.41, 5.74) is 0.704. The maximum absolute atomic E-state index is 4.60. The van der Waals surface area contributed by atoms with E-state index < -0.39 is 0 Å². The molecule has 1 heterocycles. The number of thiocarbonyl (C=S) groups is 1. The summed E-state index contributed by atoms with van der Waals surface area (Å²) in [4.78, 5) is 3.71. The molecule has 0 aliphatic carbocycles. The molecule has 0 aliphatic rings. The molecule has 1 aromatic rings. The normalized spacial score (nSPS) is 8.57. The molecule has 1 rings (SSSR count). The lowest BCUT2D eigenvalue weighted by Crippen LogP contribution is -1.70. The molecule has 0 bridgehead atoms. The maximum Gasteiger partial charge on any atom is 0.181 e. The molecule has 0 saturated carbocycles. The molecule has 0 amide bonds. The fraction of sp³-hybridized carbons (Fsp3) is 0. The van der Waals surface area contributed by atoms with Crippen molar-refractivity contribution >= 4 is 17.6 Å². The number of hydrogen-bond donors (Lipinski definition) is 0. The van der Waals surface area contributed by atoms with Gasteiger partial charge in [-0.1, -0.05) is 12.2 Å². The molecular formula is C4H3NOS. The van der Waals surface area contributed by atoms with Crippen LogP contribution in [0.15, 0.2) is 17.1 Å². The van der Waals surface area contributed by atoms with Crippen LogP contribution in [0.4, 0.5) is 0 Å². The van der Waals surface area contributed by atoms with Crippen LogP contribution in [-0.4, -0.2) is 10.4 Å². The first-order chi connectivity index (χ1) is 3.43. The zero-order valence-electron chi connectivity index (χ0n) is 3.50. The van der Waals surface area contributed by atoms with E-state index in [1.165, 1.54) is 18.0 Å². The number of hydrogen-bond acceptors (Lipinski definition) is 3. The second-order valence-corrected chi connectivity index (χ2v) is 1.27. The summed E-state index contributed by atoms with van der Waals surface area (Å²) >= 11 is 4.52. The van der Waals surface area contributed by atoms with Crippen molar-refractivity contribution in [3.05, 3.63) is 18.4 Å². The van der Waals surface area contributed by atoms with Gasteiger partial charge in [-0.2, -0.15) is 0 Å². The SMILES string of the molecule is S=Cc1cocn1. The minimum Gasteiger partial charge on any atom is -0.451 e. The zero-order valence-corrected chi connectivity index (χ0v) is 4.31. The van der Waals surface area contributed by atoms with Gasteiger partial charge in [0.05, 0.1) is 0 Å². The Labute approximate surface area is 46.2 Å². The van der Waals surface area contributed by atoms with Crippen molar-refractivity contribution in [2.75, 3.05) is 0 Å². The molecule has 1 aromatic heterocycles. The molecule has 7 heavy (non-hydrogen) atoms. The zero-order chi connectivity index (χ0) is 5.11. The molecule has 0 unspecified atom stereocenters. The van der Waals surface area contributed by atoms with Crippen molar-refractivity contribution in [1.29, 1.82) is 0 Å². The fourth-order valence-corrected chi connectivity index (χ4v) is 0.396. The lowest BCUT2D eigenvalue weighted by atomic mass is 10.6. The summed E-state index contributed by atoms with van der Waals surface area (Å²) in [6.45, 7) is 0. The van der Waals surface area contributed by atoms with E-state index in [1.807, 2.05) is 0 Å². The van der Waals surface area contributed by atoms with E-state index in [0.717, 1.165) is 0 Å². The van der Waals surface area contributed by atoms with E-state index in [-0.39, 0.29) is 0 Å². The van der Waals surface area contributed by atoms with Gasteiger partial charge in [-0.25, -0.2) is 4.98 Å². The predicted octanol–water partition coefficient (Wildman–Crippen LogP) is 1.02. The predicted molar refractivity (Wildman–Crippen MR) is 29.3 cm³/mol. The van der Waals surface area contributed by atoms with Crippen LogP contribution >= 0.6 is 12.2 Å². The monoisotopic (exact) mass is 113 g/mol. The lowest BCUT2D eigenvalue weighted by molar-refractivity contribution is 0.557. The number of rotatable bonds is 1. The summed E-state index contributed by atoms with van der Waals surface area (Å²) in [6.07, 6.45) is 2.84. The van der Waals surface area contributed by atoms with E-state index in [0.29, 0.717) is 5.69 Å². The van der Waals surface area contributed by atoms with Crippen molar-refractivity contribution in [3.8, 4) is 0 Å². The number of oxazole rings is 1. The first-order valence-electron chi connectivity index (χ1n) is 1.77. The largest absolute Gasteiger partial charge is 0.451 e. The summed E-state index contributed by atoms with van der Waals surface area (Å²) in [7, 11) is 0. The van der Waals surface area contributed by atoms with Gasteiger partial charge in [0.2, 0.25) is 0 Å². The Balaban J connectivity index is 2.96. The van der Waals surface area contributed by atoms with Crippen LogP contribution in [0.2, 0.25) is 0 Å². The third kappa shape index (κ3) is 0.838. The molecule has 0 radical (unpaired) electrons. The Morgan fingerprint density at radius 1 is 1.86 bits per heavy atom. The van der Waals surface area contributed by atoms with E-state index in [1.54, 1.807) is 0 Å². The molecular weight excluding hydrogens is 110 g/mol. The number of aromatic nitrogens is 1. The average molecular weight is 113 g/mol. The minimum absolute atomic E-state index is 0.704. The van der Waals surface area contributed by atoms with Gasteiger partial charge < -0.3 is 4.42 Å². The minimum atomic E-state index is 0.704. The van der Waals surface area contributed by atoms with Gasteiger partial charge in [-0.15, -0.1) is 0 Å². The van der Waals surface area contributed by atoms with E-state index in [4.69, 9.17) is 0 Å². The molecule has 0 saturated heterocycles. The highest BCUT2D eigenvalue weighted by molar-refractivity contribution is 7.79. The van der Waals surface area contributed by atoms with Crippen LogP contribution < -0.4 is 0 Å². The lowest BCUT2D eigenvalue weighted by Gasteiger charge is -1.65. The highest BCUT2D eigenvalue weighted by atomic mass is 32.1. The second-order valence-electron chi connectivity index (χ2n) is 1.03.